The Kier molecular flexibility index (Phi) is 5.28. The van der Waals surface area contributed by atoms with Crippen LogP contribution in [0.1, 0.15) is 26.7 Å². The fraction of sp³-hybridized carbons (Fsp3) is 1.00. The molecule has 3 unspecified atom stereocenters. The summed E-state index contributed by atoms with van der Waals surface area (Å²) in [4.78, 5) is 2.46. The first-order chi connectivity index (χ1) is 6.65. The van der Waals surface area contributed by atoms with E-state index in [1.807, 2.05) is 0 Å². The molecule has 0 aromatic rings. The van der Waals surface area contributed by atoms with E-state index in [0.717, 1.165) is 12.6 Å². The van der Waals surface area contributed by atoms with Crippen LogP contribution in [0, 0.1) is 5.92 Å². The molecule has 0 aromatic heterocycles. The van der Waals surface area contributed by atoms with E-state index in [9.17, 15) is 0 Å². The van der Waals surface area contributed by atoms with Crippen LogP contribution in [-0.2, 0) is 0 Å². The molecule has 14 heavy (non-hydrogen) atoms. The zero-order chi connectivity index (χ0) is 10.6. The van der Waals surface area contributed by atoms with Crippen LogP contribution >= 0.6 is 11.8 Å². The average Bonchev–Trinajstić information content (AvgIpc) is 2.69. The van der Waals surface area contributed by atoms with Gasteiger partial charge in [0, 0.05) is 24.4 Å². The minimum atomic E-state index is 0.343. The second-order valence-electron chi connectivity index (χ2n) is 4.51. The maximum Gasteiger partial charge on any atom is 0.0193 e. The van der Waals surface area contributed by atoms with Gasteiger partial charge in [-0.3, -0.25) is 0 Å². The van der Waals surface area contributed by atoms with Crippen molar-refractivity contribution in [1.82, 2.24) is 4.90 Å². The van der Waals surface area contributed by atoms with Gasteiger partial charge in [-0.25, -0.2) is 0 Å². The second-order valence-corrected chi connectivity index (χ2v) is 5.66. The van der Waals surface area contributed by atoms with Gasteiger partial charge in [-0.05, 0) is 25.1 Å². The SMILES string of the molecule is CCC(C)C(N)CN(C)C1CCSC1. The number of likely N-dealkylation sites (N-methyl/N-ethyl adjacent to an activating group) is 1. The predicted molar refractivity (Wildman–Crippen MR) is 65.8 cm³/mol. The van der Waals surface area contributed by atoms with Gasteiger partial charge in [0.25, 0.3) is 0 Å². The Morgan fingerprint density at radius 2 is 2.29 bits per heavy atom. The van der Waals surface area contributed by atoms with Crippen molar-refractivity contribution in [3.05, 3.63) is 0 Å². The first kappa shape index (κ1) is 12.3. The summed E-state index contributed by atoms with van der Waals surface area (Å²) in [5.74, 6) is 3.27. The zero-order valence-electron chi connectivity index (χ0n) is 9.70. The zero-order valence-corrected chi connectivity index (χ0v) is 10.5. The van der Waals surface area contributed by atoms with Crippen LogP contribution in [0.25, 0.3) is 0 Å². The van der Waals surface area contributed by atoms with Crippen molar-refractivity contribution in [1.29, 1.82) is 0 Å². The molecule has 2 nitrogen and oxygen atoms in total. The number of hydrogen-bond donors (Lipinski definition) is 1. The number of thioether (sulfide) groups is 1. The third-order valence-corrected chi connectivity index (χ3v) is 4.55. The number of hydrogen-bond acceptors (Lipinski definition) is 3. The molecule has 0 amide bonds. The fourth-order valence-electron chi connectivity index (χ4n) is 1.83. The molecule has 0 bridgehead atoms. The highest BCUT2D eigenvalue weighted by atomic mass is 32.2. The minimum Gasteiger partial charge on any atom is -0.326 e. The molecule has 84 valence electrons. The van der Waals surface area contributed by atoms with Crippen LogP contribution in [0.2, 0.25) is 0 Å². The van der Waals surface area contributed by atoms with Gasteiger partial charge in [-0.2, -0.15) is 11.8 Å². The fourth-order valence-corrected chi connectivity index (χ4v) is 3.13. The topological polar surface area (TPSA) is 29.3 Å². The van der Waals surface area contributed by atoms with Crippen molar-refractivity contribution >= 4 is 11.8 Å². The van der Waals surface area contributed by atoms with E-state index in [1.54, 1.807) is 0 Å². The molecular weight excluding hydrogens is 192 g/mol. The lowest BCUT2D eigenvalue weighted by Crippen LogP contribution is -2.44. The summed E-state index contributed by atoms with van der Waals surface area (Å²) in [5.41, 5.74) is 6.15. The first-order valence-electron chi connectivity index (χ1n) is 5.68. The molecular formula is C11H24N2S. The Morgan fingerprint density at radius 1 is 1.57 bits per heavy atom. The Morgan fingerprint density at radius 3 is 2.79 bits per heavy atom. The highest BCUT2D eigenvalue weighted by Gasteiger charge is 2.22. The van der Waals surface area contributed by atoms with Crippen LogP contribution < -0.4 is 5.73 Å². The molecule has 0 radical (unpaired) electrons. The van der Waals surface area contributed by atoms with Gasteiger partial charge in [-0.1, -0.05) is 20.3 Å². The van der Waals surface area contributed by atoms with Gasteiger partial charge in [-0.15, -0.1) is 0 Å². The van der Waals surface area contributed by atoms with E-state index in [4.69, 9.17) is 5.73 Å². The van der Waals surface area contributed by atoms with Crippen molar-refractivity contribution in [2.24, 2.45) is 11.7 Å². The van der Waals surface area contributed by atoms with Gasteiger partial charge >= 0.3 is 0 Å². The lowest BCUT2D eigenvalue weighted by molar-refractivity contribution is 0.223. The average molecular weight is 216 g/mol. The quantitative estimate of drug-likeness (QED) is 0.760. The van der Waals surface area contributed by atoms with Gasteiger partial charge in [0.1, 0.15) is 0 Å². The summed E-state index contributed by atoms with van der Waals surface area (Å²) in [5, 5.41) is 0. The molecule has 3 atom stereocenters. The monoisotopic (exact) mass is 216 g/mol. The summed E-state index contributed by atoms with van der Waals surface area (Å²) in [7, 11) is 2.22. The summed E-state index contributed by atoms with van der Waals surface area (Å²) in [6.07, 6.45) is 2.53. The smallest absolute Gasteiger partial charge is 0.0193 e. The van der Waals surface area contributed by atoms with E-state index >= 15 is 0 Å². The van der Waals surface area contributed by atoms with E-state index in [1.165, 1.54) is 24.3 Å². The van der Waals surface area contributed by atoms with Crippen LogP contribution in [0.3, 0.4) is 0 Å². The lowest BCUT2D eigenvalue weighted by atomic mass is 9.99. The maximum absolute atomic E-state index is 6.15. The van der Waals surface area contributed by atoms with E-state index in [0.29, 0.717) is 12.0 Å². The van der Waals surface area contributed by atoms with Crippen molar-refractivity contribution in [2.75, 3.05) is 25.1 Å². The summed E-state index contributed by atoms with van der Waals surface area (Å²) in [6.45, 7) is 5.53. The molecule has 1 heterocycles. The summed E-state index contributed by atoms with van der Waals surface area (Å²) < 4.78 is 0. The molecule has 0 spiro atoms. The largest absolute Gasteiger partial charge is 0.326 e. The molecule has 1 aliphatic rings. The Labute approximate surface area is 92.6 Å². The van der Waals surface area contributed by atoms with Crippen molar-refractivity contribution in [2.45, 2.75) is 38.8 Å². The minimum absolute atomic E-state index is 0.343. The molecule has 0 aliphatic carbocycles. The summed E-state index contributed by atoms with van der Waals surface area (Å²) >= 11 is 2.07. The highest BCUT2D eigenvalue weighted by molar-refractivity contribution is 7.99. The highest BCUT2D eigenvalue weighted by Crippen LogP contribution is 2.21. The van der Waals surface area contributed by atoms with Crippen LogP contribution in [-0.4, -0.2) is 42.1 Å². The van der Waals surface area contributed by atoms with Gasteiger partial charge in [0.15, 0.2) is 0 Å². The lowest BCUT2D eigenvalue weighted by Gasteiger charge is -2.29. The number of rotatable bonds is 5. The van der Waals surface area contributed by atoms with E-state index in [2.05, 4.69) is 37.6 Å². The number of nitrogens with two attached hydrogens (primary N) is 1. The van der Waals surface area contributed by atoms with Crippen molar-refractivity contribution in [3.8, 4) is 0 Å². The van der Waals surface area contributed by atoms with Gasteiger partial charge < -0.3 is 10.6 Å². The third kappa shape index (κ3) is 3.44. The third-order valence-electron chi connectivity index (χ3n) is 3.40. The molecule has 3 heteroatoms. The van der Waals surface area contributed by atoms with Gasteiger partial charge in [0.05, 0.1) is 0 Å². The Bertz CT molecular complexity index is 157. The number of nitrogens with zero attached hydrogens (tertiary/aromatic N) is 1. The first-order valence-corrected chi connectivity index (χ1v) is 6.84. The van der Waals surface area contributed by atoms with E-state index in [-0.39, 0.29) is 0 Å². The normalized spacial score (nSPS) is 26.8. The Balaban J connectivity index is 2.27. The Hall–Kier alpha value is 0.270. The van der Waals surface area contributed by atoms with Crippen molar-refractivity contribution in [3.63, 3.8) is 0 Å². The molecule has 1 rings (SSSR count). The molecule has 2 N–H and O–H groups in total. The predicted octanol–water partition coefficient (Wildman–Crippen LogP) is 1.80. The second kappa shape index (κ2) is 5.99. The molecule has 1 saturated heterocycles. The molecule has 1 fully saturated rings. The molecule has 0 aromatic carbocycles. The van der Waals surface area contributed by atoms with Crippen LogP contribution in [0.15, 0.2) is 0 Å². The van der Waals surface area contributed by atoms with Crippen LogP contribution in [0.5, 0.6) is 0 Å². The summed E-state index contributed by atoms with van der Waals surface area (Å²) in [6, 6.07) is 1.12. The van der Waals surface area contributed by atoms with E-state index < -0.39 is 0 Å². The maximum atomic E-state index is 6.15. The van der Waals surface area contributed by atoms with Crippen LogP contribution in [0.4, 0.5) is 0 Å². The van der Waals surface area contributed by atoms with Gasteiger partial charge in [0.2, 0.25) is 0 Å². The van der Waals surface area contributed by atoms with Crippen molar-refractivity contribution < 1.29 is 0 Å². The standard InChI is InChI=1S/C11H24N2S/c1-4-9(2)11(12)7-13(3)10-5-6-14-8-10/h9-11H,4-8,12H2,1-3H3. The molecule has 0 saturated carbocycles. The molecule has 1 aliphatic heterocycles.